The minimum absolute atomic E-state index is 0.789. The second-order valence-corrected chi connectivity index (χ2v) is 7.73. The molecule has 0 amide bonds. The van der Waals surface area contributed by atoms with Crippen LogP contribution in [0, 0.1) is 6.07 Å². The Hall–Kier alpha value is -4.10. The molecule has 31 heavy (non-hydrogen) atoms. The summed E-state index contributed by atoms with van der Waals surface area (Å²) in [6.07, 6.45) is 0. The first-order valence-electron chi connectivity index (χ1n) is 10.4. The zero-order chi connectivity index (χ0) is 20.6. The highest BCUT2D eigenvalue weighted by Gasteiger charge is 2.16. The van der Waals surface area contributed by atoms with Crippen LogP contribution in [0.25, 0.3) is 55.3 Å². The Balaban J connectivity index is 1.67. The van der Waals surface area contributed by atoms with Crippen molar-refractivity contribution in [1.29, 1.82) is 0 Å². The van der Waals surface area contributed by atoms with Gasteiger partial charge in [-0.1, -0.05) is 91.0 Å². The minimum atomic E-state index is 0.789. The van der Waals surface area contributed by atoms with Crippen LogP contribution in [0.3, 0.4) is 0 Å². The smallest absolute Gasteiger partial charge is 0.143 e. The van der Waals surface area contributed by atoms with Gasteiger partial charge < -0.3 is 4.42 Å². The largest absolute Gasteiger partial charge is 0.455 e. The molecule has 1 nitrogen and oxygen atoms in total. The number of hydrogen-bond donors (Lipinski definition) is 0. The van der Waals surface area contributed by atoms with Gasteiger partial charge in [0.1, 0.15) is 11.2 Å². The standard InChI is InChI=1S/C30H19O/c1-4-10-21(11-5-1)24-16-17-29-27(18-24)28-20-25(22-12-6-2-7-13-22)19-26(30(28)31-29)23-14-8-3-9-15-23/h1-16,18-20H. The average molecular weight is 395 g/mol. The number of benzene rings is 5. The molecule has 6 rings (SSSR count). The van der Waals surface area contributed by atoms with Crippen LogP contribution in [-0.4, -0.2) is 0 Å². The molecule has 0 spiro atoms. The molecule has 5 aromatic carbocycles. The van der Waals surface area contributed by atoms with E-state index in [2.05, 4.69) is 103 Å². The van der Waals surface area contributed by atoms with Crippen molar-refractivity contribution in [1.82, 2.24) is 0 Å². The highest BCUT2D eigenvalue weighted by Crippen LogP contribution is 2.40. The monoisotopic (exact) mass is 395 g/mol. The summed E-state index contributed by atoms with van der Waals surface area (Å²) in [5.41, 5.74) is 8.63. The Labute approximate surface area is 181 Å². The molecule has 0 aliphatic heterocycles. The summed E-state index contributed by atoms with van der Waals surface area (Å²) in [5.74, 6) is 0. The van der Waals surface area contributed by atoms with Gasteiger partial charge in [-0.2, -0.15) is 0 Å². The lowest BCUT2D eigenvalue weighted by Gasteiger charge is -2.08. The molecule has 6 aromatic rings. The fourth-order valence-corrected chi connectivity index (χ4v) is 4.24. The van der Waals surface area contributed by atoms with Crippen molar-refractivity contribution < 1.29 is 4.42 Å². The Morgan fingerprint density at radius 2 is 1.03 bits per heavy atom. The molecule has 0 N–H and O–H groups in total. The van der Waals surface area contributed by atoms with Crippen LogP contribution in [0.2, 0.25) is 0 Å². The van der Waals surface area contributed by atoms with Crippen molar-refractivity contribution in [3.8, 4) is 33.4 Å². The Morgan fingerprint density at radius 1 is 0.484 bits per heavy atom. The van der Waals surface area contributed by atoms with Gasteiger partial charge in [-0.3, -0.25) is 0 Å². The number of hydrogen-bond acceptors (Lipinski definition) is 1. The first kappa shape index (κ1) is 17.7. The lowest BCUT2D eigenvalue weighted by Crippen LogP contribution is -1.83. The van der Waals surface area contributed by atoms with Crippen LogP contribution in [0.5, 0.6) is 0 Å². The van der Waals surface area contributed by atoms with Gasteiger partial charge in [0, 0.05) is 22.4 Å². The molecule has 1 heterocycles. The van der Waals surface area contributed by atoms with E-state index in [9.17, 15) is 0 Å². The third-order valence-electron chi connectivity index (χ3n) is 5.79. The molecule has 0 saturated carbocycles. The predicted molar refractivity (Wildman–Crippen MR) is 129 cm³/mol. The van der Waals surface area contributed by atoms with Crippen molar-refractivity contribution in [2.75, 3.05) is 0 Å². The summed E-state index contributed by atoms with van der Waals surface area (Å²) in [7, 11) is 0. The molecule has 0 fully saturated rings. The maximum Gasteiger partial charge on any atom is 0.143 e. The molecule has 0 aliphatic carbocycles. The van der Waals surface area contributed by atoms with Crippen molar-refractivity contribution in [3.63, 3.8) is 0 Å². The summed E-state index contributed by atoms with van der Waals surface area (Å²) in [6, 6.07) is 43.5. The van der Waals surface area contributed by atoms with Gasteiger partial charge >= 0.3 is 0 Å². The fourth-order valence-electron chi connectivity index (χ4n) is 4.24. The van der Waals surface area contributed by atoms with Gasteiger partial charge in [-0.15, -0.1) is 0 Å². The molecule has 0 aliphatic rings. The van der Waals surface area contributed by atoms with E-state index in [1.165, 1.54) is 16.7 Å². The average Bonchev–Trinajstić information content (AvgIpc) is 3.23. The summed E-state index contributed by atoms with van der Waals surface area (Å²) in [6.45, 7) is 0. The van der Waals surface area contributed by atoms with Crippen LogP contribution in [0.4, 0.5) is 0 Å². The van der Waals surface area contributed by atoms with Crippen molar-refractivity contribution in [2.45, 2.75) is 0 Å². The first-order chi connectivity index (χ1) is 15.4. The zero-order valence-corrected chi connectivity index (χ0v) is 16.9. The fraction of sp³-hybridized carbons (Fsp3) is 0. The molecule has 1 heteroatoms. The van der Waals surface area contributed by atoms with E-state index in [1.807, 2.05) is 18.2 Å². The summed E-state index contributed by atoms with van der Waals surface area (Å²) >= 11 is 0. The first-order valence-corrected chi connectivity index (χ1v) is 10.4. The number of furan rings is 1. The predicted octanol–water partition coefficient (Wildman–Crippen LogP) is 8.39. The van der Waals surface area contributed by atoms with E-state index in [4.69, 9.17) is 4.42 Å². The van der Waals surface area contributed by atoms with Gasteiger partial charge in [0.15, 0.2) is 0 Å². The third kappa shape index (κ3) is 3.12. The molecular formula is C30H19O. The quantitative estimate of drug-likeness (QED) is 0.293. The summed E-state index contributed by atoms with van der Waals surface area (Å²) in [5, 5.41) is 2.20. The minimum Gasteiger partial charge on any atom is -0.455 e. The van der Waals surface area contributed by atoms with Crippen LogP contribution in [-0.2, 0) is 0 Å². The Morgan fingerprint density at radius 3 is 1.68 bits per heavy atom. The molecule has 1 radical (unpaired) electrons. The van der Waals surface area contributed by atoms with Crippen LogP contribution in [0.1, 0.15) is 0 Å². The zero-order valence-electron chi connectivity index (χ0n) is 16.9. The van der Waals surface area contributed by atoms with E-state index in [0.717, 1.165) is 38.6 Å². The van der Waals surface area contributed by atoms with E-state index in [1.54, 1.807) is 0 Å². The Kier molecular flexibility index (Phi) is 4.18. The lowest BCUT2D eigenvalue weighted by molar-refractivity contribution is 0.669. The molecule has 145 valence electrons. The maximum atomic E-state index is 6.36. The highest BCUT2D eigenvalue weighted by atomic mass is 16.3. The highest BCUT2D eigenvalue weighted by molar-refractivity contribution is 6.12. The van der Waals surface area contributed by atoms with E-state index in [0.29, 0.717) is 0 Å². The van der Waals surface area contributed by atoms with Crippen molar-refractivity contribution in [3.05, 3.63) is 121 Å². The second-order valence-electron chi connectivity index (χ2n) is 7.73. The van der Waals surface area contributed by atoms with E-state index < -0.39 is 0 Å². The normalized spacial score (nSPS) is 11.2. The summed E-state index contributed by atoms with van der Waals surface area (Å²) in [4.78, 5) is 0. The molecule has 0 atom stereocenters. The molecule has 0 saturated heterocycles. The van der Waals surface area contributed by atoms with Crippen LogP contribution >= 0.6 is 0 Å². The van der Waals surface area contributed by atoms with Crippen LogP contribution < -0.4 is 0 Å². The maximum absolute atomic E-state index is 6.36. The Bertz CT molecular complexity index is 1490. The van der Waals surface area contributed by atoms with E-state index in [-0.39, 0.29) is 0 Å². The van der Waals surface area contributed by atoms with Gasteiger partial charge in [0.25, 0.3) is 0 Å². The van der Waals surface area contributed by atoms with Gasteiger partial charge in [0.2, 0.25) is 0 Å². The SMILES string of the molecule is [c]1cc(-c2ccccc2)cc2c1oc1c(-c3ccccc3)cc(-c3ccccc3)cc12. The summed E-state index contributed by atoms with van der Waals surface area (Å²) < 4.78 is 6.36. The molecular weight excluding hydrogens is 376 g/mol. The second kappa shape index (κ2) is 7.30. The van der Waals surface area contributed by atoms with Gasteiger partial charge in [-0.05, 0) is 52.1 Å². The van der Waals surface area contributed by atoms with Gasteiger partial charge in [-0.25, -0.2) is 0 Å². The molecule has 0 unspecified atom stereocenters. The van der Waals surface area contributed by atoms with Crippen LogP contribution in [0.15, 0.2) is 120 Å². The molecule has 0 bridgehead atoms. The van der Waals surface area contributed by atoms with Crippen molar-refractivity contribution >= 4 is 21.9 Å². The molecule has 1 aromatic heterocycles. The third-order valence-corrected chi connectivity index (χ3v) is 5.79. The van der Waals surface area contributed by atoms with E-state index >= 15 is 0 Å². The van der Waals surface area contributed by atoms with Crippen molar-refractivity contribution in [2.24, 2.45) is 0 Å². The van der Waals surface area contributed by atoms with Gasteiger partial charge in [0.05, 0.1) is 0 Å². The number of fused-ring (bicyclic) bond motifs is 3. The lowest BCUT2D eigenvalue weighted by atomic mass is 9.95. The number of rotatable bonds is 3. The topological polar surface area (TPSA) is 13.1 Å².